The summed E-state index contributed by atoms with van der Waals surface area (Å²) in [6.45, 7) is 7.95. The number of halogens is 1. The second kappa shape index (κ2) is 28.6. The van der Waals surface area contributed by atoms with Crippen LogP contribution in [0.2, 0.25) is 5.02 Å². The topological polar surface area (TPSA) is 293 Å². The van der Waals surface area contributed by atoms with Crippen molar-refractivity contribution in [2.45, 2.75) is 133 Å². The molecular formula is C57H80ClN9O15. The Morgan fingerprint density at radius 3 is 2.40 bits per heavy atom. The zero-order valence-electron chi connectivity index (χ0n) is 48.5. The summed E-state index contributed by atoms with van der Waals surface area (Å²) in [6, 6.07) is 11.1. The third-order valence-electron chi connectivity index (χ3n) is 15.1. The molecule has 3 aromatic rings. The van der Waals surface area contributed by atoms with E-state index in [4.69, 9.17) is 50.5 Å². The number of carbonyl (C=O) groups excluding carboxylic acids is 7. The minimum absolute atomic E-state index is 0.0233. The maximum Gasteiger partial charge on any atom is 0.409 e. The molecule has 2 saturated heterocycles. The van der Waals surface area contributed by atoms with Crippen molar-refractivity contribution >= 4 is 69.8 Å². The van der Waals surface area contributed by atoms with Crippen molar-refractivity contribution in [2.75, 3.05) is 80.3 Å². The number of anilines is 1. The van der Waals surface area contributed by atoms with Gasteiger partial charge in [0, 0.05) is 71.8 Å². The minimum atomic E-state index is -1.91. The first-order valence-corrected chi connectivity index (χ1v) is 27.6. The molecule has 6 bridgehead atoms. The third kappa shape index (κ3) is 16.3. The summed E-state index contributed by atoms with van der Waals surface area (Å²) in [4.78, 5) is 95.6. The number of nitrogens with zero attached hydrogens (tertiary/aromatic N) is 4. The number of methoxy groups -OCH3 is 2. The number of nitrogens with two attached hydrogens (primary N) is 1. The van der Waals surface area contributed by atoms with Gasteiger partial charge in [-0.25, -0.2) is 14.6 Å². The Bertz CT molecular complexity index is 2860. The molecule has 8 atom stereocenters. The number of hydrogen-bond acceptors (Lipinski definition) is 17. The Morgan fingerprint density at radius 1 is 1.01 bits per heavy atom. The summed E-state index contributed by atoms with van der Waals surface area (Å²) in [7, 11) is 9.58. The number of aliphatic hydroxyl groups is 1. The van der Waals surface area contributed by atoms with Crippen molar-refractivity contribution in [1.82, 2.24) is 35.9 Å². The predicted molar refractivity (Wildman–Crippen MR) is 303 cm³/mol. The molecule has 2 aromatic carbocycles. The van der Waals surface area contributed by atoms with Gasteiger partial charge >= 0.3 is 12.1 Å². The fourth-order valence-electron chi connectivity index (χ4n) is 10.4. The number of para-hydroxylation sites is 1. The lowest BCUT2D eigenvalue weighted by atomic mass is 9.72. The molecule has 24 nitrogen and oxygen atoms in total. The van der Waals surface area contributed by atoms with Gasteiger partial charge in [0.15, 0.2) is 5.72 Å². The van der Waals surface area contributed by atoms with Crippen LogP contribution >= 0.6 is 11.6 Å². The van der Waals surface area contributed by atoms with Crippen LogP contribution < -0.4 is 36.7 Å². The van der Waals surface area contributed by atoms with Crippen molar-refractivity contribution in [3.63, 3.8) is 0 Å². The van der Waals surface area contributed by atoms with Crippen LogP contribution in [0.3, 0.4) is 0 Å². The molecule has 7 N–H and O–H groups in total. The summed E-state index contributed by atoms with van der Waals surface area (Å²) in [6.07, 6.45) is 0.515. The molecule has 25 heteroatoms. The number of allylic oxidation sites excluding steroid dienone is 3. The number of rotatable bonds is 24. The maximum atomic E-state index is 14.4. The maximum absolute atomic E-state index is 14.4. The van der Waals surface area contributed by atoms with Crippen LogP contribution in [-0.4, -0.2) is 184 Å². The number of likely N-dealkylation sites (N-methyl/N-ethyl adjacent to an activating group) is 1. The number of hydrogen-bond donors (Lipinski definition) is 6. The number of aryl methyl sites for hydroxylation is 1. The number of nitrogens with one attached hydrogen (secondary N) is 4. The van der Waals surface area contributed by atoms with Gasteiger partial charge in [-0.2, -0.15) is 0 Å². The first kappa shape index (κ1) is 64.5. The molecule has 0 aliphatic carbocycles. The van der Waals surface area contributed by atoms with E-state index in [0.717, 1.165) is 27.7 Å². The lowest BCUT2D eigenvalue weighted by Crippen LogP contribution is -2.72. The highest BCUT2D eigenvalue weighted by atomic mass is 35.5. The summed E-state index contributed by atoms with van der Waals surface area (Å²) < 4.78 is 43.0. The van der Waals surface area contributed by atoms with Crippen LogP contribution in [-0.2, 0) is 76.7 Å². The standard InChI is InChI=1S/C57H80ClN9O15/c1-35-14-13-17-44(77-10)57(75)32-46(81-54(74)63-57)56(4)34-55(3,82-56)45(31-50(71)66(8)42-27-37(26-35)28-43(76-9)51(42)58)80-53(73)36(2)65(7)49(70)19-22-78-24-25-79-23-20-61-52(72)40(30-47(59)68)62-48(69)18-21-67-39(33-64(6)60-5)29-38-15-11-12-16-41(38)67/h11-17,27-29,36,40,44-46,60,75H,18-26,30-34H2,1-10H3,(H2,59,68)(H,61,72)(H,62,69)(H,63,74)/b17-13+,35-14+/t36-,40-,44+,45-,46-,55+,56?,57-/m0/s1. The fraction of sp³-hybridized carbons (Fsp3) is 0.561. The summed E-state index contributed by atoms with van der Waals surface area (Å²) >= 11 is 6.82. The van der Waals surface area contributed by atoms with E-state index >= 15 is 0 Å². The number of carbonyl (C=O) groups is 7. The number of aromatic nitrogens is 1. The zero-order valence-corrected chi connectivity index (χ0v) is 49.2. The SMILES string of the molecule is CNN(C)Cc1cc2ccccc2n1CCC(=O)N[C@@H](CC(N)=O)C(=O)NCCOCCOCCC(=O)N(C)[C@@H](C)C(=O)O[C@H]1CC(=O)N(C)c2cc(cc(OC)c2Cl)C/C(C)=C/C=C/[C@@H](OC)[C@@]2(O)C[C@H](OC(=O)N2)C2(C)C[C@@]1(C)O2. The number of ether oxygens (including phenoxy) is 7. The van der Waals surface area contributed by atoms with Crippen LogP contribution in [0.5, 0.6) is 5.75 Å². The van der Waals surface area contributed by atoms with E-state index in [1.165, 1.54) is 38.0 Å². The molecule has 0 spiro atoms. The monoisotopic (exact) mass is 1170 g/mol. The van der Waals surface area contributed by atoms with Crippen molar-refractivity contribution < 1.29 is 71.8 Å². The van der Waals surface area contributed by atoms with Crippen LogP contribution in [0, 0.1) is 0 Å². The van der Waals surface area contributed by atoms with E-state index in [1.807, 2.05) is 60.9 Å². The number of benzene rings is 2. The van der Waals surface area contributed by atoms with Gasteiger partial charge in [0.1, 0.15) is 52.4 Å². The second-order valence-corrected chi connectivity index (χ2v) is 21.8. The van der Waals surface area contributed by atoms with Gasteiger partial charge in [-0.15, -0.1) is 0 Å². The lowest BCUT2D eigenvalue weighted by molar-refractivity contribution is -0.328. The van der Waals surface area contributed by atoms with Gasteiger partial charge in [-0.1, -0.05) is 53.6 Å². The predicted octanol–water partition coefficient (Wildman–Crippen LogP) is 3.17. The first-order chi connectivity index (χ1) is 38.8. The lowest BCUT2D eigenvalue weighted by Gasteiger charge is -2.59. The van der Waals surface area contributed by atoms with Gasteiger partial charge in [-0.3, -0.25) is 34.7 Å². The van der Waals surface area contributed by atoms with Crippen molar-refractivity contribution in [3.05, 3.63) is 82.5 Å². The van der Waals surface area contributed by atoms with Crippen LogP contribution in [0.15, 0.2) is 66.3 Å². The molecule has 6 amide bonds. The number of hydrazine groups is 1. The highest BCUT2D eigenvalue weighted by molar-refractivity contribution is 6.35. The number of fused-ring (bicyclic) bond motifs is 7. The molecule has 1 aromatic heterocycles. The molecule has 0 radical (unpaired) electrons. The average Bonchev–Trinajstić information content (AvgIpc) is 3.76. The molecule has 2 fully saturated rings. The normalized spacial score (nSPS) is 24.7. The number of amides is 6. The Kier molecular flexibility index (Phi) is 22.5. The quantitative estimate of drug-likeness (QED) is 0.0427. The van der Waals surface area contributed by atoms with Gasteiger partial charge in [-0.05, 0) is 76.4 Å². The molecule has 0 saturated carbocycles. The summed E-state index contributed by atoms with van der Waals surface area (Å²) in [5, 5.41) is 22.8. The number of esters is 1. The average molecular weight is 1170 g/mol. The van der Waals surface area contributed by atoms with Crippen LogP contribution in [0.25, 0.3) is 10.9 Å². The molecule has 7 rings (SSSR count). The Balaban J connectivity index is 0.999. The van der Waals surface area contributed by atoms with Gasteiger partial charge in [0.2, 0.25) is 29.5 Å². The Hall–Kier alpha value is -6.64. The second-order valence-electron chi connectivity index (χ2n) is 21.4. The first-order valence-electron chi connectivity index (χ1n) is 27.2. The summed E-state index contributed by atoms with van der Waals surface area (Å²) in [5.74, 6) is -3.24. The van der Waals surface area contributed by atoms with Gasteiger partial charge in [0.05, 0.1) is 65.0 Å². The number of alkyl carbamates (subject to hydrolysis) is 1. The highest BCUT2D eigenvalue weighted by Gasteiger charge is 2.63. The Labute approximate surface area is 483 Å². The van der Waals surface area contributed by atoms with E-state index in [2.05, 4.69) is 27.4 Å². The van der Waals surface area contributed by atoms with Crippen LogP contribution in [0.4, 0.5) is 10.5 Å². The Morgan fingerprint density at radius 2 is 1.72 bits per heavy atom. The molecule has 82 heavy (non-hydrogen) atoms. The van der Waals surface area contributed by atoms with Crippen molar-refractivity contribution in [2.24, 2.45) is 5.73 Å². The van der Waals surface area contributed by atoms with Crippen molar-refractivity contribution in [3.8, 4) is 5.75 Å². The highest BCUT2D eigenvalue weighted by Crippen LogP contribution is 2.50. The minimum Gasteiger partial charge on any atom is -0.495 e. The van der Waals surface area contributed by atoms with E-state index in [9.17, 15) is 38.7 Å². The summed E-state index contributed by atoms with van der Waals surface area (Å²) in [5.41, 5.74) is 7.98. The van der Waals surface area contributed by atoms with Gasteiger partial charge < -0.3 is 69.0 Å². The van der Waals surface area contributed by atoms with E-state index in [0.29, 0.717) is 30.9 Å². The van der Waals surface area contributed by atoms with Gasteiger partial charge in [0.25, 0.3) is 0 Å². The molecule has 450 valence electrons. The largest absolute Gasteiger partial charge is 0.495 e. The van der Waals surface area contributed by atoms with Crippen LogP contribution in [0.1, 0.15) is 77.5 Å². The molecule has 4 aliphatic rings. The van der Waals surface area contributed by atoms with E-state index < -0.39 is 102 Å². The van der Waals surface area contributed by atoms with E-state index in [-0.39, 0.29) is 63.7 Å². The molecular weight excluding hydrogens is 1090 g/mol. The molecule has 1 unspecified atom stereocenters. The zero-order chi connectivity index (χ0) is 60.1. The third-order valence-corrected chi connectivity index (χ3v) is 15.5. The smallest absolute Gasteiger partial charge is 0.409 e. The molecule has 4 aliphatic heterocycles. The number of primary amides is 1. The fourth-order valence-corrected chi connectivity index (χ4v) is 10.7. The van der Waals surface area contributed by atoms with E-state index in [1.54, 1.807) is 45.2 Å². The molecule has 5 heterocycles. The van der Waals surface area contributed by atoms with Crippen molar-refractivity contribution in [1.29, 1.82) is 0 Å².